The van der Waals surface area contributed by atoms with Crippen molar-refractivity contribution in [2.24, 2.45) is 7.05 Å². The maximum absolute atomic E-state index is 12.8. The van der Waals surface area contributed by atoms with Crippen LogP contribution in [0, 0.1) is 13.8 Å². The molecule has 0 unspecified atom stereocenters. The molecule has 0 radical (unpaired) electrons. The Morgan fingerprint density at radius 2 is 2.17 bits per heavy atom. The van der Waals surface area contributed by atoms with E-state index in [1.807, 2.05) is 37.9 Å². The van der Waals surface area contributed by atoms with Gasteiger partial charge in [-0.25, -0.2) is 4.68 Å². The fraction of sp³-hybridized carbons (Fsp3) is 0.500. The first-order valence-corrected chi connectivity index (χ1v) is 8.29. The van der Waals surface area contributed by atoms with Crippen LogP contribution in [0.1, 0.15) is 41.4 Å². The van der Waals surface area contributed by atoms with E-state index in [0.717, 1.165) is 47.8 Å². The number of hydrogen-bond donors (Lipinski definition) is 0. The summed E-state index contributed by atoms with van der Waals surface area (Å²) in [4.78, 5) is 19.1. The lowest BCUT2D eigenvalue weighted by Crippen LogP contribution is -2.32. The van der Waals surface area contributed by atoms with Gasteiger partial charge in [-0.15, -0.1) is 0 Å². The van der Waals surface area contributed by atoms with Gasteiger partial charge in [0.1, 0.15) is 0 Å². The largest absolute Gasteiger partial charge is 0.481 e. The molecule has 6 nitrogen and oxygen atoms in total. The van der Waals surface area contributed by atoms with Gasteiger partial charge < -0.3 is 9.64 Å². The summed E-state index contributed by atoms with van der Waals surface area (Å²) in [6.45, 7) is 4.70. The normalized spacial score (nSPS) is 17.3. The first kappa shape index (κ1) is 16.5. The van der Waals surface area contributed by atoms with Crippen molar-refractivity contribution >= 4 is 5.91 Å². The lowest BCUT2D eigenvalue weighted by molar-refractivity contribution is -0.131. The predicted octanol–water partition coefficient (Wildman–Crippen LogP) is 2.35. The number of aryl methyl sites for hydroxylation is 3. The molecular weight excluding hydrogens is 304 g/mol. The van der Waals surface area contributed by atoms with Gasteiger partial charge in [-0.2, -0.15) is 5.10 Å². The number of likely N-dealkylation sites (tertiary alicyclic amines) is 1. The van der Waals surface area contributed by atoms with Gasteiger partial charge in [0, 0.05) is 25.5 Å². The fourth-order valence-corrected chi connectivity index (χ4v) is 3.52. The molecule has 1 aliphatic heterocycles. The number of carbonyl (C=O) groups is 1. The molecule has 0 aromatic carbocycles. The molecule has 2 aromatic rings. The Balaban J connectivity index is 1.83. The monoisotopic (exact) mass is 328 g/mol. The highest BCUT2D eigenvalue weighted by Crippen LogP contribution is 2.39. The second-order valence-electron chi connectivity index (χ2n) is 6.36. The summed E-state index contributed by atoms with van der Waals surface area (Å²) in [6.07, 6.45) is 4.11. The zero-order chi connectivity index (χ0) is 17.3. The molecule has 1 saturated heterocycles. The molecule has 6 heteroatoms. The van der Waals surface area contributed by atoms with Crippen molar-refractivity contribution in [3.05, 3.63) is 40.8 Å². The summed E-state index contributed by atoms with van der Waals surface area (Å²) >= 11 is 0. The predicted molar refractivity (Wildman–Crippen MR) is 90.9 cm³/mol. The molecule has 0 bridgehead atoms. The summed E-state index contributed by atoms with van der Waals surface area (Å²) in [5.74, 6) is 0.877. The van der Waals surface area contributed by atoms with Crippen molar-refractivity contribution in [2.45, 2.75) is 39.2 Å². The van der Waals surface area contributed by atoms with Gasteiger partial charge in [0.25, 0.3) is 0 Å². The molecule has 0 spiro atoms. The fourth-order valence-electron chi connectivity index (χ4n) is 3.52. The van der Waals surface area contributed by atoms with Crippen molar-refractivity contribution in [1.82, 2.24) is 19.7 Å². The second kappa shape index (κ2) is 6.63. The van der Waals surface area contributed by atoms with Crippen LogP contribution in [-0.2, 0) is 18.3 Å². The Morgan fingerprint density at radius 1 is 1.38 bits per heavy atom. The number of aromatic nitrogens is 3. The highest BCUT2D eigenvalue weighted by Gasteiger charge is 2.34. The molecule has 0 saturated carbocycles. The molecule has 128 valence electrons. The molecule has 1 atom stereocenters. The van der Waals surface area contributed by atoms with Crippen LogP contribution in [0.15, 0.2) is 18.3 Å². The highest BCUT2D eigenvalue weighted by molar-refractivity contribution is 5.79. The Hall–Kier alpha value is -2.37. The van der Waals surface area contributed by atoms with E-state index in [2.05, 4.69) is 10.1 Å². The number of amides is 1. The van der Waals surface area contributed by atoms with E-state index in [1.54, 1.807) is 18.0 Å². The quantitative estimate of drug-likeness (QED) is 0.864. The summed E-state index contributed by atoms with van der Waals surface area (Å²) in [7, 11) is 3.52. The van der Waals surface area contributed by atoms with Crippen molar-refractivity contribution in [3.63, 3.8) is 0 Å². The summed E-state index contributed by atoms with van der Waals surface area (Å²) < 4.78 is 7.27. The molecule has 0 N–H and O–H groups in total. The Kier molecular flexibility index (Phi) is 4.55. The number of ether oxygens (including phenoxy) is 1. The molecule has 3 rings (SSSR count). The summed E-state index contributed by atoms with van der Waals surface area (Å²) in [6, 6.07) is 3.96. The van der Waals surface area contributed by atoms with E-state index >= 15 is 0 Å². The van der Waals surface area contributed by atoms with Crippen molar-refractivity contribution in [3.8, 4) is 5.88 Å². The van der Waals surface area contributed by atoms with Gasteiger partial charge in [0.2, 0.25) is 11.8 Å². The van der Waals surface area contributed by atoms with Crippen LogP contribution in [0.3, 0.4) is 0 Å². The van der Waals surface area contributed by atoms with E-state index in [4.69, 9.17) is 4.74 Å². The first-order valence-electron chi connectivity index (χ1n) is 8.29. The molecule has 0 aliphatic carbocycles. The lowest BCUT2D eigenvalue weighted by atomic mass is 10.0. The van der Waals surface area contributed by atoms with E-state index in [-0.39, 0.29) is 11.9 Å². The van der Waals surface area contributed by atoms with E-state index in [9.17, 15) is 4.79 Å². The third-order valence-corrected chi connectivity index (χ3v) is 4.64. The minimum atomic E-state index is 0.0413. The highest BCUT2D eigenvalue weighted by atomic mass is 16.5. The summed E-state index contributed by atoms with van der Waals surface area (Å²) in [5.41, 5.74) is 3.87. The third kappa shape index (κ3) is 3.00. The molecule has 24 heavy (non-hydrogen) atoms. The minimum absolute atomic E-state index is 0.0413. The standard InChI is InChI=1S/C18H24N4O2/c1-12-7-8-14(11-19-12)10-16(23)22-9-5-6-15(22)17-13(2)20-21(3)18(17)24-4/h7-8,11,15H,5-6,9-10H2,1-4H3/t15-/m0/s1. The first-order chi connectivity index (χ1) is 11.5. The van der Waals surface area contributed by atoms with Gasteiger partial charge in [-0.05, 0) is 38.3 Å². The SMILES string of the molecule is COc1c([C@@H]2CCCN2C(=O)Cc2ccc(C)nc2)c(C)nn1C. The van der Waals surface area contributed by atoms with Crippen molar-refractivity contribution in [2.75, 3.05) is 13.7 Å². The Bertz CT molecular complexity index is 736. The van der Waals surface area contributed by atoms with Crippen LogP contribution in [0.5, 0.6) is 5.88 Å². The maximum Gasteiger partial charge on any atom is 0.227 e. The summed E-state index contributed by atoms with van der Waals surface area (Å²) in [5, 5.41) is 4.46. The molecule has 1 aliphatic rings. The van der Waals surface area contributed by atoms with E-state index < -0.39 is 0 Å². The van der Waals surface area contributed by atoms with Crippen LogP contribution in [-0.4, -0.2) is 39.2 Å². The Labute approximate surface area is 142 Å². The average Bonchev–Trinajstić information content (AvgIpc) is 3.13. The van der Waals surface area contributed by atoms with Crippen LogP contribution >= 0.6 is 0 Å². The molecular formula is C18H24N4O2. The maximum atomic E-state index is 12.8. The number of nitrogens with zero attached hydrogens (tertiary/aromatic N) is 4. The Morgan fingerprint density at radius 3 is 2.83 bits per heavy atom. The minimum Gasteiger partial charge on any atom is -0.481 e. The zero-order valence-corrected chi connectivity index (χ0v) is 14.7. The lowest BCUT2D eigenvalue weighted by Gasteiger charge is -2.25. The number of rotatable bonds is 4. The number of hydrogen-bond acceptors (Lipinski definition) is 4. The molecule has 1 amide bonds. The molecule has 2 aromatic heterocycles. The smallest absolute Gasteiger partial charge is 0.227 e. The number of carbonyl (C=O) groups excluding carboxylic acids is 1. The van der Waals surface area contributed by atoms with E-state index in [0.29, 0.717) is 6.42 Å². The second-order valence-corrected chi connectivity index (χ2v) is 6.36. The van der Waals surface area contributed by atoms with Gasteiger partial charge in [-0.3, -0.25) is 9.78 Å². The van der Waals surface area contributed by atoms with Crippen LogP contribution < -0.4 is 4.74 Å². The van der Waals surface area contributed by atoms with Crippen molar-refractivity contribution < 1.29 is 9.53 Å². The van der Waals surface area contributed by atoms with Gasteiger partial charge in [0.05, 0.1) is 30.8 Å². The zero-order valence-electron chi connectivity index (χ0n) is 14.7. The van der Waals surface area contributed by atoms with E-state index in [1.165, 1.54) is 0 Å². The van der Waals surface area contributed by atoms with Crippen LogP contribution in [0.4, 0.5) is 0 Å². The topological polar surface area (TPSA) is 60.2 Å². The number of methoxy groups -OCH3 is 1. The van der Waals surface area contributed by atoms with Gasteiger partial charge in [0.15, 0.2) is 0 Å². The van der Waals surface area contributed by atoms with Crippen LogP contribution in [0.2, 0.25) is 0 Å². The number of pyridine rings is 1. The molecule has 3 heterocycles. The average molecular weight is 328 g/mol. The molecule has 1 fully saturated rings. The van der Waals surface area contributed by atoms with Gasteiger partial charge in [-0.1, -0.05) is 6.07 Å². The third-order valence-electron chi connectivity index (χ3n) is 4.64. The van der Waals surface area contributed by atoms with Gasteiger partial charge >= 0.3 is 0 Å². The van der Waals surface area contributed by atoms with Crippen molar-refractivity contribution in [1.29, 1.82) is 0 Å². The van der Waals surface area contributed by atoms with Crippen LogP contribution in [0.25, 0.3) is 0 Å².